The van der Waals surface area contributed by atoms with Gasteiger partial charge < -0.3 is 30.7 Å². The van der Waals surface area contributed by atoms with Crippen molar-refractivity contribution in [2.75, 3.05) is 60.9 Å². The van der Waals surface area contributed by atoms with E-state index in [1.54, 1.807) is 42.5 Å². The van der Waals surface area contributed by atoms with E-state index < -0.39 is 35.6 Å². The van der Waals surface area contributed by atoms with Crippen molar-refractivity contribution in [3.63, 3.8) is 0 Å². The Bertz CT molecular complexity index is 2190. The Hall–Kier alpha value is -5.91. The van der Waals surface area contributed by atoms with E-state index in [9.17, 15) is 28.8 Å². The molecule has 2 atom stereocenters. The first kappa shape index (κ1) is 37.7. The quantitative estimate of drug-likeness (QED) is 0.276. The number of nitrogens with zero attached hydrogens (tertiary/aromatic N) is 9. The third-order valence-electron chi connectivity index (χ3n) is 13.2. The number of benzene rings is 1. The van der Waals surface area contributed by atoms with Crippen molar-refractivity contribution in [2.24, 2.45) is 18.2 Å². The fourth-order valence-corrected chi connectivity index (χ4v) is 9.96. The van der Waals surface area contributed by atoms with E-state index >= 15 is 0 Å². The minimum absolute atomic E-state index is 0.0480. The number of likely N-dealkylation sites (tertiary alicyclic amines) is 2. The summed E-state index contributed by atoms with van der Waals surface area (Å²) in [6.07, 6.45) is 11.4. The van der Waals surface area contributed by atoms with Crippen LogP contribution in [0, 0.1) is 5.41 Å². The molecule has 6 aliphatic rings. The lowest BCUT2D eigenvalue weighted by Crippen LogP contribution is -2.54. The van der Waals surface area contributed by atoms with Crippen LogP contribution in [0.25, 0.3) is 0 Å². The molecule has 9 rings (SSSR count). The Morgan fingerprint density at radius 3 is 2.36 bits per heavy atom. The molecular weight excluding hydrogens is 745 g/mol. The van der Waals surface area contributed by atoms with Crippen molar-refractivity contribution in [1.29, 1.82) is 0 Å². The highest BCUT2D eigenvalue weighted by Gasteiger charge is 2.51. The summed E-state index contributed by atoms with van der Waals surface area (Å²) >= 11 is 0. The van der Waals surface area contributed by atoms with Crippen molar-refractivity contribution in [3.05, 3.63) is 53.6 Å². The van der Waals surface area contributed by atoms with Crippen LogP contribution < -0.4 is 26.2 Å². The molecule has 0 saturated carbocycles. The third-order valence-corrected chi connectivity index (χ3v) is 13.2. The summed E-state index contributed by atoms with van der Waals surface area (Å²) in [6, 6.07) is 4.78. The summed E-state index contributed by atoms with van der Waals surface area (Å²) < 4.78 is 1.64. The summed E-state index contributed by atoms with van der Waals surface area (Å²) in [5.74, 6) is -1.53. The summed E-state index contributed by atoms with van der Waals surface area (Å²) in [6.45, 7) is 5.49. The predicted molar refractivity (Wildman–Crippen MR) is 210 cm³/mol. The number of hydrogen-bond acceptors (Lipinski definition) is 13. The number of aryl methyl sites for hydroxylation is 1. The molecule has 18 nitrogen and oxygen atoms in total. The second-order valence-electron chi connectivity index (χ2n) is 16.5. The number of primary amides is 1. The third kappa shape index (κ3) is 6.71. The van der Waals surface area contributed by atoms with Crippen molar-refractivity contribution in [1.82, 2.24) is 39.8 Å². The Labute approximate surface area is 335 Å². The Balaban J connectivity index is 0.787. The maximum Gasteiger partial charge on any atom is 0.271 e. The molecule has 5 saturated heterocycles. The fourth-order valence-electron chi connectivity index (χ4n) is 9.96. The van der Waals surface area contributed by atoms with Gasteiger partial charge in [0, 0.05) is 70.2 Å². The van der Waals surface area contributed by atoms with E-state index in [-0.39, 0.29) is 47.3 Å². The molecule has 18 heteroatoms. The number of piperidine rings is 4. The summed E-state index contributed by atoms with van der Waals surface area (Å²) in [5, 5.41) is 9.55. The number of nitrogens with one attached hydrogen (secondary N) is 2. The SMILES string of the molecule is Cn1cc(Nc2nc(N3CCC[C@@H](N4CCC5(CCN(C6CCN(c7ccc8c(c7)C(=O)N(C7CCC(=O)NC7=O)C8=O)CC6)CC5)C4=O)C3)cnc2C(N)=O)cn1. The normalized spacial score (nSPS) is 24.2. The van der Waals surface area contributed by atoms with Crippen molar-refractivity contribution in [3.8, 4) is 0 Å². The molecule has 6 aliphatic heterocycles. The van der Waals surface area contributed by atoms with E-state index in [2.05, 4.69) is 40.3 Å². The van der Waals surface area contributed by atoms with E-state index in [0.717, 1.165) is 94.8 Å². The second-order valence-corrected chi connectivity index (χ2v) is 16.5. The number of aromatic nitrogens is 4. The van der Waals surface area contributed by atoms with Crippen LogP contribution in [-0.4, -0.2) is 134 Å². The van der Waals surface area contributed by atoms with E-state index in [1.165, 1.54) is 0 Å². The maximum absolute atomic E-state index is 14.3. The number of imide groups is 2. The van der Waals surface area contributed by atoms with Gasteiger partial charge in [0.15, 0.2) is 11.5 Å². The van der Waals surface area contributed by atoms with Gasteiger partial charge in [-0.2, -0.15) is 5.10 Å². The minimum atomic E-state index is -0.987. The first-order valence-corrected chi connectivity index (χ1v) is 20.3. The molecular formula is C40H48N12O6. The molecule has 8 heterocycles. The van der Waals surface area contributed by atoms with Crippen LogP contribution in [0.1, 0.15) is 89.0 Å². The molecule has 304 valence electrons. The van der Waals surface area contributed by atoms with E-state index in [1.807, 2.05) is 6.07 Å². The molecule has 58 heavy (non-hydrogen) atoms. The molecule has 5 fully saturated rings. The molecule has 0 bridgehead atoms. The summed E-state index contributed by atoms with van der Waals surface area (Å²) in [5.41, 5.74) is 7.44. The van der Waals surface area contributed by atoms with Gasteiger partial charge in [0.2, 0.25) is 17.7 Å². The van der Waals surface area contributed by atoms with Crippen LogP contribution in [0.3, 0.4) is 0 Å². The Kier molecular flexibility index (Phi) is 9.60. The van der Waals surface area contributed by atoms with Crippen molar-refractivity contribution < 1.29 is 28.8 Å². The predicted octanol–water partition coefficient (Wildman–Crippen LogP) is 1.41. The van der Waals surface area contributed by atoms with Gasteiger partial charge in [-0.1, -0.05) is 0 Å². The van der Waals surface area contributed by atoms with Gasteiger partial charge >= 0.3 is 0 Å². The van der Waals surface area contributed by atoms with Crippen LogP contribution in [0.15, 0.2) is 36.8 Å². The second kappa shape index (κ2) is 14.8. The molecule has 0 radical (unpaired) electrons. The Morgan fingerprint density at radius 2 is 1.64 bits per heavy atom. The van der Waals surface area contributed by atoms with Crippen molar-refractivity contribution >= 4 is 58.5 Å². The molecule has 1 unspecified atom stereocenters. The number of hydrogen-bond donors (Lipinski definition) is 3. The van der Waals surface area contributed by atoms with Gasteiger partial charge in [-0.15, -0.1) is 0 Å². The molecule has 3 aromatic rings. The van der Waals surface area contributed by atoms with Crippen LogP contribution in [0.4, 0.5) is 23.0 Å². The summed E-state index contributed by atoms with van der Waals surface area (Å²) in [4.78, 5) is 96.3. The Morgan fingerprint density at radius 1 is 0.879 bits per heavy atom. The lowest BCUT2D eigenvalue weighted by molar-refractivity contribution is -0.141. The highest BCUT2D eigenvalue weighted by atomic mass is 16.2. The monoisotopic (exact) mass is 792 g/mol. The molecule has 4 N–H and O–H groups in total. The molecule has 1 aromatic carbocycles. The number of fused-ring (bicyclic) bond motifs is 1. The minimum Gasteiger partial charge on any atom is -0.371 e. The standard InChI is InChI=1S/C40H48N12O6/c1-47-22-24(20-43-47)44-35-33(34(41)54)42-21-31(45-35)50-13-2-3-27(23-50)51-18-12-40(39(51)58)10-16-49(17-11-40)25-8-14-48(15-9-25)26-4-5-28-29(19-26)38(57)52(37(28)56)30-6-7-32(53)46-36(30)55/h4-5,19-22,25,27,30H,2-3,6-18,23H2,1H3,(H2,41,54)(H,44,45)(H,46,53,55)/t27-,30?/m1/s1. The molecule has 0 aliphatic carbocycles. The van der Waals surface area contributed by atoms with Gasteiger partial charge in [-0.25, -0.2) is 9.97 Å². The molecule has 1 spiro atoms. The first-order chi connectivity index (χ1) is 28.0. The lowest BCUT2D eigenvalue weighted by Gasteiger charge is -2.45. The molecule has 2 aromatic heterocycles. The number of rotatable bonds is 8. The van der Waals surface area contributed by atoms with E-state index in [0.29, 0.717) is 29.7 Å². The van der Waals surface area contributed by atoms with Gasteiger partial charge in [-0.05, 0) is 82.7 Å². The maximum atomic E-state index is 14.3. The van der Waals surface area contributed by atoms with Crippen LogP contribution in [-0.2, 0) is 21.4 Å². The zero-order chi connectivity index (χ0) is 40.3. The zero-order valence-corrected chi connectivity index (χ0v) is 32.6. The first-order valence-electron chi connectivity index (χ1n) is 20.3. The average molecular weight is 793 g/mol. The molecule has 6 amide bonds. The lowest BCUT2D eigenvalue weighted by atomic mass is 9.76. The van der Waals surface area contributed by atoms with Crippen molar-refractivity contribution in [2.45, 2.75) is 75.9 Å². The van der Waals surface area contributed by atoms with E-state index in [4.69, 9.17) is 10.7 Å². The topological polar surface area (TPSA) is 212 Å². The smallest absolute Gasteiger partial charge is 0.271 e. The van der Waals surface area contributed by atoms with Crippen LogP contribution in [0.5, 0.6) is 0 Å². The van der Waals surface area contributed by atoms with Crippen LogP contribution >= 0.6 is 0 Å². The number of anilines is 4. The highest BCUT2D eigenvalue weighted by Crippen LogP contribution is 2.44. The summed E-state index contributed by atoms with van der Waals surface area (Å²) in [7, 11) is 1.80. The number of amides is 6. The number of nitrogens with two attached hydrogens (primary N) is 1. The number of carbonyl (C=O) groups is 6. The zero-order valence-electron chi connectivity index (χ0n) is 32.6. The van der Waals surface area contributed by atoms with Crippen LogP contribution in [0.2, 0.25) is 0 Å². The van der Waals surface area contributed by atoms with Gasteiger partial charge in [0.25, 0.3) is 17.7 Å². The fraction of sp³-hybridized carbons (Fsp3) is 0.525. The average Bonchev–Trinajstić information content (AvgIpc) is 3.86. The van der Waals surface area contributed by atoms with Gasteiger partial charge in [0.05, 0.1) is 34.6 Å². The van der Waals surface area contributed by atoms with Gasteiger partial charge in [0.1, 0.15) is 11.9 Å². The largest absolute Gasteiger partial charge is 0.371 e. The highest BCUT2D eigenvalue weighted by molar-refractivity contribution is 6.23. The number of carbonyl (C=O) groups excluding carboxylic acids is 6. The van der Waals surface area contributed by atoms with Gasteiger partial charge in [-0.3, -0.25) is 43.7 Å².